The van der Waals surface area contributed by atoms with Gasteiger partial charge in [-0.3, -0.25) is 4.79 Å². The second-order valence-electron chi connectivity index (χ2n) is 4.85. The Bertz CT molecular complexity index is 394. The molecule has 0 fully saturated rings. The van der Waals surface area contributed by atoms with Gasteiger partial charge in [-0.1, -0.05) is 13.8 Å². The molecule has 0 saturated heterocycles. The van der Waals surface area contributed by atoms with Gasteiger partial charge in [0.1, 0.15) is 0 Å². The Morgan fingerprint density at radius 1 is 1.56 bits per heavy atom. The summed E-state index contributed by atoms with van der Waals surface area (Å²) >= 11 is 0. The Morgan fingerprint density at radius 3 is 2.83 bits per heavy atom. The largest absolute Gasteiger partial charge is 0.504 e. The number of carbonyl (C=O) groups excluding carboxylic acids is 1. The minimum Gasteiger partial charge on any atom is -0.504 e. The summed E-state index contributed by atoms with van der Waals surface area (Å²) < 4.78 is 0. The van der Waals surface area contributed by atoms with Crippen molar-refractivity contribution in [3.63, 3.8) is 0 Å². The molecular weight excluding hydrogens is 230 g/mol. The highest BCUT2D eigenvalue weighted by molar-refractivity contribution is 5.91. The summed E-state index contributed by atoms with van der Waals surface area (Å²) in [5, 5.41) is 12.1. The SMILES string of the molecule is CC(C)CC(CN)CC(=O)Nc1ncccc1O. The molecule has 1 atom stereocenters. The fourth-order valence-electron chi connectivity index (χ4n) is 1.87. The number of nitrogens with two attached hydrogens (primary N) is 1. The van der Waals surface area contributed by atoms with Crippen LogP contribution in [0.5, 0.6) is 5.75 Å². The zero-order valence-corrected chi connectivity index (χ0v) is 10.9. The number of amides is 1. The standard InChI is InChI=1S/C13H21N3O2/c1-9(2)6-10(8-14)7-12(18)16-13-11(17)4-3-5-15-13/h3-5,9-10,17H,6-8,14H2,1-2H3,(H,15,16,18). The summed E-state index contributed by atoms with van der Waals surface area (Å²) in [6.07, 6.45) is 2.78. The van der Waals surface area contributed by atoms with Gasteiger partial charge in [0.2, 0.25) is 5.91 Å². The Balaban J connectivity index is 2.53. The van der Waals surface area contributed by atoms with E-state index in [2.05, 4.69) is 24.1 Å². The first-order valence-electron chi connectivity index (χ1n) is 6.16. The molecule has 0 aromatic carbocycles. The van der Waals surface area contributed by atoms with Crippen LogP contribution in [0, 0.1) is 11.8 Å². The lowest BCUT2D eigenvalue weighted by Gasteiger charge is -2.16. The van der Waals surface area contributed by atoms with E-state index in [-0.39, 0.29) is 23.4 Å². The number of aromatic hydroxyl groups is 1. The van der Waals surface area contributed by atoms with Gasteiger partial charge < -0.3 is 16.2 Å². The van der Waals surface area contributed by atoms with E-state index in [4.69, 9.17) is 5.73 Å². The van der Waals surface area contributed by atoms with Crippen molar-refractivity contribution in [2.24, 2.45) is 17.6 Å². The van der Waals surface area contributed by atoms with Crippen LogP contribution in [0.25, 0.3) is 0 Å². The minimum atomic E-state index is -0.167. The lowest BCUT2D eigenvalue weighted by Crippen LogP contribution is -2.23. The van der Waals surface area contributed by atoms with Crippen molar-refractivity contribution in [3.05, 3.63) is 18.3 Å². The van der Waals surface area contributed by atoms with Crippen molar-refractivity contribution in [1.29, 1.82) is 0 Å². The second kappa shape index (κ2) is 6.96. The fraction of sp³-hybridized carbons (Fsp3) is 0.538. The van der Waals surface area contributed by atoms with E-state index in [0.717, 1.165) is 6.42 Å². The zero-order valence-electron chi connectivity index (χ0n) is 10.9. The molecule has 0 saturated carbocycles. The molecule has 1 aromatic heterocycles. The number of rotatable bonds is 6. The second-order valence-corrected chi connectivity index (χ2v) is 4.85. The molecular formula is C13H21N3O2. The van der Waals surface area contributed by atoms with Crippen molar-refractivity contribution < 1.29 is 9.90 Å². The van der Waals surface area contributed by atoms with Gasteiger partial charge in [-0.25, -0.2) is 4.98 Å². The fourth-order valence-corrected chi connectivity index (χ4v) is 1.87. The first-order chi connectivity index (χ1) is 8.52. The number of carbonyl (C=O) groups is 1. The van der Waals surface area contributed by atoms with Gasteiger partial charge in [-0.2, -0.15) is 0 Å². The molecule has 1 unspecified atom stereocenters. The Kier molecular flexibility index (Phi) is 5.58. The van der Waals surface area contributed by atoms with Gasteiger partial charge in [-0.05, 0) is 36.9 Å². The van der Waals surface area contributed by atoms with Crippen LogP contribution >= 0.6 is 0 Å². The Morgan fingerprint density at radius 2 is 2.28 bits per heavy atom. The van der Waals surface area contributed by atoms with Crippen molar-refractivity contribution in [2.45, 2.75) is 26.7 Å². The van der Waals surface area contributed by atoms with Gasteiger partial charge in [0, 0.05) is 12.6 Å². The van der Waals surface area contributed by atoms with Crippen LogP contribution in [-0.4, -0.2) is 22.5 Å². The maximum absolute atomic E-state index is 11.8. The highest BCUT2D eigenvalue weighted by atomic mass is 16.3. The van der Waals surface area contributed by atoms with Crippen molar-refractivity contribution >= 4 is 11.7 Å². The minimum absolute atomic E-state index is 0.0287. The monoisotopic (exact) mass is 251 g/mol. The Hall–Kier alpha value is -1.62. The number of anilines is 1. The van der Waals surface area contributed by atoms with E-state index in [9.17, 15) is 9.90 Å². The normalized spacial score (nSPS) is 12.4. The van der Waals surface area contributed by atoms with Gasteiger partial charge >= 0.3 is 0 Å². The van der Waals surface area contributed by atoms with E-state index in [1.165, 1.54) is 12.3 Å². The lowest BCUT2D eigenvalue weighted by atomic mass is 9.94. The van der Waals surface area contributed by atoms with E-state index in [1.807, 2.05) is 0 Å². The van der Waals surface area contributed by atoms with Crippen molar-refractivity contribution in [1.82, 2.24) is 4.98 Å². The third kappa shape index (κ3) is 4.71. The van der Waals surface area contributed by atoms with Gasteiger partial charge in [-0.15, -0.1) is 0 Å². The summed E-state index contributed by atoms with van der Waals surface area (Å²) in [7, 11) is 0. The van der Waals surface area contributed by atoms with E-state index in [0.29, 0.717) is 18.9 Å². The first kappa shape index (κ1) is 14.4. The van der Waals surface area contributed by atoms with Crippen molar-refractivity contribution in [3.8, 4) is 5.75 Å². The van der Waals surface area contributed by atoms with Gasteiger partial charge in [0.05, 0.1) is 0 Å². The van der Waals surface area contributed by atoms with Crippen LogP contribution in [0.3, 0.4) is 0 Å². The third-order valence-electron chi connectivity index (χ3n) is 2.66. The van der Waals surface area contributed by atoms with E-state index in [1.54, 1.807) is 6.07 Å². The molecule has 4 N–H and O–H groups in total. The maximum Gasteiger partial charge on any atom is 0.225 e. The predicted molar refractivity (Wildman–Crippen MR) is 71.1 cm³/mol. The molecule has 100 valence electrons. The molecule has 0 spiro atoms. The molecule has 1 heterocycles. The third-order valence-corrected chi connectivity index (χ3v) is 2.66. The zero-order chi connectivity index (χ0) is 13.5. The van der Waals surface area contributed by atoms with Gasteiger partial charge in [0.25, 0.3) is 0 Å². The van der Waals surface area contributed by atoms with Crippen LogP contribution in [0.4, 0.5) is 5.82 Å². The molecule has 0 aliphatic heterocycles. The molecule has 18 heavy (non-hydrogen) atoms. The summed E-state index contributed by atoms with van der Waals surface area (Å²) in [5.74, 6) is 0.674. The average molecular weight is 251 g/mol. The van der Waals surface area contributed by atoms with Crippen LogP contribution in [0.2, 0.25) is 0 Å². The van der Waals surface area contributed by atoms with Crippen LogP contribution in [0.15, 0.2) is 18.3 Å². The average Bonchev–Trinajstić information content (AvgIpc) is 2.30. The predicted octanol–water partition coefficient (Wildman–Crippen LogP) is 1.74. The molecule has 0 radical (unpaired) electrons. The van der Waals surface area contributed by atoms with Crippen LogP contribution < -0.4 is 11.1 Å². The molecule has 0 aliphatic carbocycles. The van der Waals surface area contributed by atoms with E-state index < -0.39 is 0 Å². The summed E-state index contributed by atoms with van der Waals surface area (Å²) in [5.41, 5.74) is 5.65. The van der Waals surface area contributed by atoms with Crippen LogP contribution in [-0.2, 0) is 4.79 Å². The molecule has 5 heteroatoms. The maximum atomic E-state index is 11.8. The van der Waals surface area contributed by atoms with Gasteiger partial charge in [0.15, 0.2) is 11.6 Å². The molecule has 1 amide bonds. The molecule has 5 nitrogen and oxygen atoms in total. The summed E-state index contributed by atoms with van der Waals surface area (Å²) in [6.45, 7) is 4.69. The summed E-state index contributed by atoms with van der Waals surface area (Å²) in [4.78, 5) is 15.7. The number of nitrogens with one attached hydrogen (secondary N) is 1. The Labute approximate surface area is 107 Å². The molecule has 1 rings (SSSR count). The first-order valence-corrected chi connectivity index (χ1v) is 6.16. The quantitative estimate of drug-likeness (QED) is 0.718. The van der Waals surface area contributed by atoms with Crippen LogP contribution in [0.1, 0.15) is 26.7 Å². The number of nitrogens with zero attached hydrogens (tertiary/aromatic N) is 1. The summed E-state index contributed by atoms with van der Waals surface area (Å²) in [6, 6.07) is 3.09. The molecule has 1 aromatic rings. The number of pyridine rings is 1. The molecule has 0 aliphatic rings. The van der Waals surface area contributed by atoms with Crippen molar-refractivity contribution in [2.75, 3.05) is 11.9 Å². The topological polar surface area (TPSA) is 88.2 Å². The molecule has 0 bridgehead atoms. The number of hydrogen-bond donors (Lipinski definition) is 3. The lowest BCUT2D eigenvalue weighted by molar-refractivity contribution is -0.117. The number of aromatic nitrogens is 1. The smallest absolute Gasteiger partial charge is 0.225 e. The highest BCUT2D eigenvalue weighted by Crippen LogP contribution is 2.20. The van der Waals surface area contributed by atoms with E-state index >= 15 is 0 Å². The number of hydrogen-bond acceptors (Lipinski definition) is 4. The highest BCUT2D eigenvalue weighted by Gasteiger charge is 2.15.